The molecule has 0 aliphatic carbocycles. The molecular weight excluding hydrogens is 365 g/mol. The standard InChI is InChI=1S/C16H18INO2/c1-11-9-13(19)18(10-12-7-5-4-6-8-12)14(11)15(17)16(2,3)20/h4-9,20H,10H2,1-3H3/b15-14+. The normalized spacial score (nSPS) is 18.4. The summed E-state index contributed by atoms with van der Waals surface area (Å²) < 4.78 is 0.783. The summed E-state index contributed by atoms with van der Waals surface area (Å²) in [6.45, 7) is 5.89. The molecule has 1 aromatic rings. The maximum atomic E-state index is 12.2. The van der Waals surface area contributed by atoms with Gasteiger partial charge >= 0.3 is 0 Å². The molecular formula is C16H18INO2. The van der Waals surface area contributed by atoms with Crippen LogP contribution in [0.25, 0.3) is 0 Å². The van der Waals surface area contributed by atoms with Gasteiger partial charge in [-0.3, -0.25) is 4.79 Å². The Balaban J connectivity index is 2.39. The third-order valence-corrected chi connectivity index (χ3v) is 5.01. The number of nitrogens with zero attached hydrogens (tertiary/aromatic N) is 1. The molecule has 3 nitrogen and oxygen atoms in total. The number of amides is 1. The van der Waals surface area contributed by atoms with Gasteiger partial charge in [0.25, 0.3) is 5.91 Å². The lowest BCUT2D eigenvalue weighted by Crippen LogP contribution is -2.29. The summed E-state index contributed by atoms with van der Waals surface area (Å²) in [6, 6.07) is 9.86. The Morgan fingerprint density at radius 3 is 2.45 bits per heavy atom. The Labute approximate surface area is 133 Å². The van der Waals surface area contributed by atoms with Gasteiger partial charge < -0.3 is 10.0 Å². The van der Waals surface area contributed by atoms with Crippen LogP contribution in [0.2, 0.25) is 0 Å². The molecule has 1 aromatic carbocycles. The molecule has 0 saturated carbocycles. The van der Waals surface area contributed by atoms with Crippen LogP contribution in [0.3, 0.4) is 0 Å². The lowest BCUT2D eigenvalue weighted by atomic mass is 10.1. The van der Waals surface area contributed by atoms with E-state index in [0.29, 0.717) is 6.54 Å². The zero-order valence-electron chi connectivity index (χ0n) is 11.9. The van der Waals surface area contributed by atoms with Gasteiger partial charge in [0, 0.05) is 9.66 Å². The van der Waals surface area contributed by atoms with Crippen LogP contribution in [0.4, 0.5) is 0 Å². The molecule has 0 atom stereocenters. The van der Waals surface area contributed by atoms with E-state index >= 15 is 0 Å². The van der Waals surface area contributed by atoms with Gasteiger partial charge in [0.1, 0.15) is 0 Å². The number of carbonyl (C=O) groups is 1. The van der Waals surface area contributed by atoms with E-state index in [1.807, 2.05) is 37.3 Å². The second-order valence-corrected chi connectivity index (χ2v) is 6.54. The molecule has 0 fully saturated rings. The van der Waals surface area contributed by atoms with Gasteiger partial charge in [0.15, 0.2) is 0 Å². The topological polar surface area (TPSA) is 40.5 Å². The lowest BCUT2D eigenvalue weighted by molar-refractivity contribution is -0.123. The van der Waals surface area contributed by atoms with Gasteiger partial charge in [-0.15, -0.1) is 0 Å². The maximum Gasteiger partial charge on any atom is 0.251 e. The van der Waals surface area contributed by atoms with Gasteiger partial charge in [0.05, 0.1) is 17.8 Å². The highest BCUT2D eigenvalue weighted by atomic mass is 127. The average Bonchev–Trinajstić information content (AvgIpc) is 2.63. The second kappa shape index (κ2) is 5.69. The highest BCUT2D eigenvalue weighted by Crippen LogP contribution is 2.35. The molecule has 1 amide bonds. The fraction of sp³-hybridized carbons (Fsp3) is 0.312. The summed E-state index contributed by atoms with van der Waals surface area (Å²) in [7, 11) is 0. The summed E-state index contributed by atoms with van der Waals surface area (Å²) in [6.07, 6.45) is 1.63. The van der Waals surface area contributed by atoms with E-state index < -0.39 is 5.60 Å². The third-order valence-electron chi connectivity index (χ3n) is 3.18. The number of allylic oxidation sites excluding steroid dienone is 1. The van der Waals surface area contributed by atoms with Crippen LogP contribution >= 0.6 is 22.6 Å². The zero-order chi connectivity index (χ0) is 14.9. The minimum atomic E-state index is -0.954. The molecule has 0 saturated heterocycles. The van der Waals surface area contributed by atoms with Crippen LogP contribution in [-0.2, 0) is 11.3 Å². The maximum absolute atomic E-state index is 12.2. The van der Waals surface area contributed by atoms with Crippen molar-refractivity contribution in [2.75, 3.05) is 0 Å². The second-order valence-electron chi connectivity index (χ2n) is 5.46. The van der Waals surface area contributed by atoms with E-state index in [0.717, 1.165) is 20.4 Å². The molecule has 0 spiro atoms. The number of benzene rings is 1. The molecule has 1 heterocycles. The predicted octanol–water partition coefficient (Wildman–Crippen LogP) is 3.39. The van der Waals surface area contributed by atoms with Crippen LogP contribution in [-0.4, -0.2) is 21.5 Å². The molecule has 0 aromatic heterocycles. The smallest absolute Gasteiger partial charge is 0.251 e. The quantitative estimate of drug-likeness (QED) is 0.813. The van der Waals surface area contributed by atoms with Gasteiger partial charge in [0.2, 0.25) is 0 Å². The summed E-state index contributed by atoms with van der Waals surface area (Å²) in [5, 5.41) is 10.2. The van der Waals surface area contributed by atoms with Crippen molar-refractivity contribution >= 4 is 28.5 Å². The Bertz CT molecular complexity index is 582. The molecule has 0 radical (unpaired) electrons. The summed E-state index contributed by atoms with van der Waals surface area (Å²) in [5.41, 5.74) is 1.84. The van der Waals surface area contributed by atoms with Gasteiger partial charge in [-0.2, -0.15) is 0 Å². The minimum absolute atomic E-state index is 0.0280. The van der Waals surface area contributed by atoms with E-state index in [1.165, 1.54) is 0 Å². The van der Waals surface area contributed by atoms with Gasteiger partial charge in [-0.25, -0.2) is 0 Å². The number of halogens is 1. The number of hydrogen-bond acceptors (Lipinski definition) is 2. The SMILES string of the molecule is CC1=CC(=O)N(Cc2ccccc2)/C1=C(/I)C(C)(C)O. The van der Waals surface area contributed by atoms with Crippen LogP contribution in [0, 0.1) is 0 Å². The largest absolute Gasteiger partial charge is 0.385 e. The molecule has 1 aliphatic rings. The third kappa shape index (κ3) is 3.12. The fourth-order valence-corrected chi connectivity index (χ4v) is 2.88. The summed E-state index contributed by atoms with van der Waals surface area (Å²) in [5.74, 6) is -0.0280. The van der Waals surface area contributed by atoms with Crippen molar-refractivity contribution in [3.05, 3.63) is 56.8 Å². The van der Waals surface area contributed by atoms with Crippen LogP contribution in [0.15, 0.2) is 51.3 Å². The average molecular weight is 383 g/mol. The van der Waals surface area contributed by atoms with Gasteiger partial charge in [-0.1, -0.05) is 30.3 Å². The lowest BCUT2D eigenvalue weighted by Gasteiger charge is -2.26. The van der Waals surface area contributed by atoms with E-state index in [1.54, 1.807) is 24.8 Å². The van der Waals surface area contributed by atoms with Crippen molar-refractivity contribution in [2.24, 2.45) is 0 Å². The molecule has 1 N–H and O–H groups in total. The monoisotopic (exact) mass is 383 g/mol. The summed E-state index contributed by atoms with van der Waals surface area (Å²) in [4.78, 5) is 13.9. The summed E-state index contributed by atoms with van der Waals surface area (Å²) >= 11 is 2.13. The first kappa shape index (κ1) is 15.3. The number of rotatable bonds is 3. The Kier molecular flexibility index (Phi) is 4.34. The molecule has 20 heavy (non-hydrogen) atoms. The first-order valence-electron chi connectivity index (χ1n) is 6.47. The van der Waals surface area contributed by atoms with Crippen molar-refractivity contribution in [3.63, 3.8) is 0 Å². The minimum Gasteiger partial charge on any atom is -0.385 e. The predicted molar refractivity (Wildman–Crippen MR) is 88.1 cm³/mol. The van der Waals surface area contributed by atoms with E-state index in [9.17, 15) is 9.90 Å². The highest BCUT2D eigenvalue weighted by molar-refractivity contribution is 14.1. The van der Waals surface area contributed by atoms with Crippen molar-refractivity contribution < 1.29 is 9.90 Å². The van der Waals surface area contributed by atoms with Crippen molar-refractivity contribution in [1.82, 2.24) is 4.90 Å². The van der Waals surface area contributed by atoms with Crippen LogP contribution in [0.1, 0.15) is 26.3 Å². The first-order valence-corrected chi connectivity index (χ1v) is 7.55. The number of carbonyl (C=O) groups excluding carboxylic acids is 1. The van der Waals surface area contributed by atoms with E-state index in [2.05, 4.69) is 22.6 Å². The molecule has 1 aliphatic heterocycles. The van der Waals surface area contributed by atoms with Crippen LogP contribution in [0.5, 0.6) is 0 Å². The molecule has 106 valence electrons. The Morgan fingerprint density at radius 1 is 1.30 bits per heavy atom. The highest BCUT2D eigenvalue weighted by Gasteiger charge is 2.31. The zero-order valence-corrected chi connectivity index (χ0v) is 14.0. The molecule has 2 rings (SSSR count). The van der Waals surface area contributed by atoms with Crippen molar-refractivity contribution in [2.45, 2.75) is 32.9 Å². The van der Waals surface area contributed by atoms with E-state index in [4.69, 9.17) is 0 Å². The first-order chi connectivity index (χ1) is 9.30. The number of aliphatic hydroxyl groups is 1. The number of hydrogen-bond donors (Lipinski definition) is 1. The molecule has 4 heteroatoms. The Hall–Kier alpha value is -1.14. The van der Waals surface area contributed by atoms with Crippen molar-refractivity contribution in [1.29, 1.82) is 0 Å². The van der Waals surface area contributed by atoms with Gasteiger partial charge in [-0.05, 0) is 54.5 Å². The van der Waals surface area contributed by atoms with Crippen molar-refractivity contribution in [3.8, 4) is 0 Å². The molecule has 0 bridgehead atoms. The fourth-order valence-electron chi connectivity index (χ4n) is 2.16. The van der Waals surface area contributed by atoms with E-state index in [-0.39, 0.29) is 5.91 Å². The van der Waals surface area contributed by atoms with Crippen LogP contribution < -0.4 is 0 Å². The molecule has 0 unspecified atom stereocenters. The Morgan fingerprint density at radius 2 is 1.90 bits per heavy atom.